The van der Waals surface area contributed by atoms with E-state index in [1.165, 1.54) is 0 Å². The van der Waals surface area contributed by atoms with Crippen LogP contribution in [0, 0.1) is 0 Å². The monoisotopic (exact) mass is 177 g/mol. The molecule has 0 saturated carbocycles. The normalized spacial score (nSPS) is 12.3. The fourth-order valence-corrected chi connectivity index (χ4v) is 0.660. The number of rotatable bonds is 4. The van der Waals surface area contributed by atoms with Gasteiger partial charge in [0, 0.05) is 13.7 Å². The molecule has 0 heterocycles. The van der Waals surface area contributed by atoms with Gasteiger partial charge in [-0.1, -0.05) is 0 Å². The zero-order valence-corrected chi connectivity index (χ0v) is 7.70. The van der Waals surface area contributed by atoms with Gasteiger partial charge in [0.15, 0.2) is 5.11 Å². The third kappa shape index (κ3) is 6.03. The van der Waals surface area contributed by atoms with Crippen LogP contribution in [0.3, 0.4) is 0 Å². The molecule has 66 valence electrons. The molecule has 0 aliphatic rings. The number of hydrazine groups is 1. The Bertz CT molecular complexity index is 120. The second-order valence-electron chi connectivity index (χ2n) is 2.24. The van der Waals surface area contributed by atoms with E-state index < -0.39 is 0 Å². The van der Waals surface area contributed by atoms with E-state index in [9.17, 15) is 0 Å². The van der Waals surface area contributed by atoms with Crippen LogP contribution in [0.1, 0.15) is 13.3 Å². The van der Waals surface area contributed by atoms with Crippen LogP contribution in [0.4, 0.5) is 0 Å². The number of methoxy groups -OCH3 is 1. The van der Waals surface area contributed by atoms with E-state index in [4.69, 9.17) is 22.8 Å². The Morgan fingerprint density at radius 3 is 2.82 bits per heavy atom. The Morgan fingerprint density at radius 1 is 1.73 bits per heavy atom. The van der Waals surface area contributed by atoms with Crippen LogP contribution in [0.25, 0.3) is 0 Å². The van der Waals surface area contributed by atoms with Gasteiger partial charge in [0.1, 0.15) is 0 Å². The molecule has 0 aromatic heterocycles. The fourth-order valence-electron chi connectivity index (χ4n) is 0.558. The molecule has 0 rings (SSSR count). The maximum Gasteiger partial charge on any atom is 0.180 e. The highest BCUT2D eigenvalue weighted by Crippen LogP contribution is 1.91. The lowest BCUT2D eigenvalue weighted by Crippen LogP contribution is -2.40. The first-order valence-corrected chi connectivity index (χ1v) is 3.88. The van der Waals surface area contributed by atoms with E-state index in [0.717, 1.165) is 13.0 Å². The predicted molar refractivity (Wildman–Crippen MR) is 49.0 cm³/mol. The van der Waals surface area contributed by atoms with Gasteiger partial charge in [0.25, 0.3) is 0 Å². The summed E-state index contributed by atoms with van der Waals surface area (Å²) in [5, 5.41) is 3.38. The Morgan fingerprint density at radius 2 is 2.36 bits per heavy atom. The Labute approximate surface area is 72.4 Å². The predicted octanol–water partition coefficient (Wildman–Crippen LogP) is -0.251. The summed E-state index contributed by atoms with van der Waals surface area (Å²) in [6.07, 6.45) is 1.17. The van der Waals surface area contributed by atoms with Gasteiger partial charge >= 0.3 is 0 Å². The number of hydrogen-bond donors (Lipinski definition) is 3. The molecule has 0 aromatic carbocycles. The molecule has 4 nitrogen and oxygen atoms in total. The second-order valence-corrected chi connectivity index (χ2v) is 2.64. The third-order valence-corrected chi connectivity index (χ3v) is 1.63. The molecule has 4 N–H and O–H groups in total. The topological polar surface area (TPSA) is 59.3 Å². The molecule has 0 aliphatic carbocycles. The molecular weight excluding hydrogens is 162 g/mol. The molecule has 1 atom stereocenters. The van der Waals surface area contributed by atoms with E-state index in [1.54, 1.807) is 7.11 Å². The SMILES string of the molecule is COC(C)CCNC(=S)NN. The van der Waals surface area contributed by atoms with Crippen molar-refractivity contribution in [3.8, 4) is 0 Å². The molecule has 11 heavy (non-hydrogen) atoms. The van der Waals surface area contributed by atoms with Gasteiger partial charge in [0.05, 0.1) is 6.10 Å². The van der Waals surface area contributed by atoms with Gasteiger partial charge in [-0.3, -0.25) is 0 Å². The molecule has 0 aliphatic heterocycles. The van der Waals surface area contributed by atoms with Crippen molar-refractivity contribution >= 4 is 17.3 Å². The van der Waals surface area contributed by atoms with Gasteiger partial charge in [-0.05, 0) is 25.6 Å². The molecule has 5 heteroatoms. The van der Waals surface area contributed by atoms with Gasteiger partial charge in [-0.25, -0.2) is 5.84 Å². The molecule has 1 unspecified atom stereocenters. The van der Waals surface area contributed by atoms with E-state index >= 15 is 0 Å². The van der Waals surface area contributed by atoms with Crippen molar-refractivity contribution in [2.75, 3.05) is 13.7 Å². The largest absolute Gasteiger partial charge is 0.382 e. The van der Waals surface area contributed by atoms with Crippen LogP contribution in [0.2, 0.25) is 0 Å². The standard InChI is InChI=1S/C6H15N3OS/c1-5(10-2)3-4-8-6(11)9-7/h5H,3-4,7H2,1-2H3,(H2,8,9,11). The highest BCUT2D eigenvalue weighted by atomic mass is 32.1. The third-order valence-electron chi connectivity index (χ3n) is 1.37. The van der Waals surface area contributed by atoms with Gasteiger partial charge in [-0.2, -0.15) is 0 Å². The van der Waals surface area contributed by atoms with Crippen LogP contribution >= 0.6 is 12.2 Å². The van der Waals surface area contributed by atoms with Gasteiger partial charge in [-0.15, -0.1) is 0 Å². The zero-order valence-electron chi connectivity index (χ0n) is 6.89. The average Bonchev–Trinajstić information content (AvgIpc) is 2.04. The highest BCUT2D eigenvalue weighted by Gasteiger charge is 1.98. The highest BCUT2D eigenvalue weighted by molar-refractivity contribution is 7.80. The first-order valence-electron chi connectivity index (χ1n) is 3.48. The van der Waals surface area contributed by atoms with Crippen molar-refractivity contribution in [2.24, 2.45) is 5.84 Å². The number of nitrogens with one attached hydrogen (secondary N) is 2. The number of ether oxygens (including phenoxy) is 1. The summed E-state index contributed by atoms with van der Waals surface area (Å²) in [4.78, 5) is 0. The minimum atomic E-state index is 0.253. The van der Waals surface area contributed by atoms with Crippen LogP contribution in [-0.4, -0.2) is 24.9 Å². The molecule has 0 bridgehead atoms. The van der Waals surface area contributed by atoms with Crippen LogP contribution in [0.15, 0.2) is 0 Å². The first kappa shape index (κ1) is 10.6. The van der Waals surface area contributed by atoms with Crippen LogP contribution in [0.5, 0.6) is 0 Å². The van der Waals surface area contributed by atoms with E-state index in [2.05, 4.69) is 10.7 Å². The Hall–Kier alpha value is -0.390. The number of hydrogen-bond acceptors (Lipinski definition) is 3. The van der Waals surface area contributed by atoms with Crippen molar-refractivity contribution in [3.05, 3.63) is 0 Å². The molecule has 0 aromatic rings. The average molecular weight is 177 g/mol. The lowest BCUT2D eigenvalue weighted by Gasteiger charge is -2.10. The first-order chi connectivity index (χ1) is 5.20. The lowest BCUT2D eigenvalue weighted by atomic mass is 10.3. The Balaban J connectivity index is 3.20. The minimum absolute atomic E-state index is 0.253. The van der Waals surface area contributed by atoms with Crippen molar-refractivity contribution in [3.63, 3.8) is 0 Å². The smallest absolute Gasteiger partial charge is 0.180 e. The molecule has 0 spiro atoms. The summed E-state index contributed by atoms with van der Waals surface area (Å²) in [6.45, 7) is 2.78. The molecule has 0 fully saturated rings. The van der Waals surface area contributed by atoms with E-state index in [0.29, 0.717) is 5.11 Å². The molecule has 0 saturated heterocycles. The van der Waals surface area contributed by atoms with Crippen LogP contribution in [-0.2, 0) is 4.74 Å². The quantitative estimate of drug-likeness (QED) is 0.314. The molecule has 0 radical (unpaired) electrons. The number of nitrogens with two attached hydrogens (primary N) is 1. The van der Waals surface area contributed by atoms with Crippen molar-refractivity contribution in [2.45, 2.75) is 19.4 Å². The number of thiocarbonyl (C=S) groups is 1. The summed E-state index contributed by atoms with van der Waals surface area (Å²) < 4.78 is 5.03. The summed E-state index contributed by atoms with van der Waals surface area (Å²) >= 11 is 4.76. The summed E-state index contributed by atoms with van der Waals surface area (Å²) in [7, 11) is 1.68. The molecular formula is C6H15N3OS. The maximum atomic E-state index is 5.04. The van der Waals surface area contributed by atoms with Crippen molar-refractivity contribution in [1.29, 1.82) is 0 Å². The van der Waals surface area contributed by atoms with Crippen molar-refractivity contribution in [1.82, 2.24) is 10.7 Å². The fraction of sp³-hybridized carbons (Fsp3) is 0.833. The summed E-state index contributed by atoms with van der Waals surface area (Å²) in [5.41, 5.74) is 2.34. The van der Waals surface area contributed by atoms with Gasteiger partial charge in [0.2, 0.25) is 0 Å². The van der Waals surface area contributed by atoms with Crippen molar-refractivity contribution < 1.29 is 4.74 Å². The maximum absolute atomic E-state index is 5.04. The van der Waals surface area contributed by atoms with Crippen LogP contribution < -0.4 is 16.6 Å². The Kier molecular flexibility index (Phi) is 6.10. The lowest BCUT2D eigenvalue weighted by molar-refractivity contribution is 0.112. The summed E-state index contributed by atoms with van der Waals surface area (Å²) in [6, 6.07) is 0. The second kappa shape index (κ2) is 6.33. The minimum Gasteiger partial charge on any atom is -0.382 e. The zero-order chi connectivity index (χ0) is 8.69. The van der Waals surface area contributed by atoms with Gasteiger partial charge < -0.3 is 15.5 Å². The molecule has 0 amide bonds. The summed E-state index contributed by atoms with van der Waals surface area (Å²) in [5.74, 6) is 5.04. The van der Waals surface area contributed by atoms with E-state index in [-0.39, 0.29) is 6.10 Å². The van der Waals surface area contributed by atoms with E-state index in [1.807, 2.05) is 6.92 Å².